The lowest BCUT2D eigenvalue weighted by molar-refractivity contribution is 0.120. The van der Waals surface area contributed by atoms with Gasteiger partial charge >= 0.3 is 0 Å². The van der Waals surface area contributed by atoms with Crippen LogP contribution in [0.25, 0.3) is 0 Å². The summed E-state index contributed by atoms with van der Waals surface area (Å²) in [7, 11) is 1.75. The number of piperazine rings is 1. The maximum Gasteiger partial charge on any atom is 0.225 e. The highest BCUT2D eigenvalue weighted by atomic mass is 16.5. The van der Waals surface area contributed by atoms with E-state index >= 15 is 0 Å². The number of aromatic nitrogens is 2. The van der Waals surface area contributed by atoms with Gasteiger partial charge in [0, 0.05) is 70.0 Å². The zero-order valence-electron chi connectivity index (χ0n) is 18.1. The third-order valence-electron chi connectivity index (χ3n) is 7.08. The molecule has 1 saturated carbocycles. The maximum atomic E-state index is 5.54. The average molecular weight is 408 g/mol. The van der Waals surface area contributed by atoms with Gasteiger partial charge in [-0.25, -0.2) is 9.97 Å². The largest absolute Gasteiger partial charge is 0.496 e. The van der Waals surface area contributed by atoms with E-state index in [2.05, 4.69) is 33.0 Å². The predicted molar refractivity (Wildman–Crippen MR) is 119 cm³/mol. The van der Waals surface area contributed by atoms with E-state index in [0.717, 1.165) is 76.4 Å². The Kier molecular flexibility index (Phi) is 5.86. The Morgan fingerprint density at radius 1 is 1.00 bits per heavy atom. The number of para-hydroxylation sites is 1. The molecule has 0 atom stereocenters. The highest BCUT2D eigenvalue weighted by Gasteiger charge is 2.29. The predicted octanol–water partition coefficient (Wildman–Crippen LogP) is 2.76. The summed E-state index contributed by atoms with van der Waals surface area (Å²) >= 11 is 0. The van der Waals surface area contributed by atoms with Crippen molar-refractivity contribution in [3.8, 4) is 5.75 Å². The Bertz CT molecular complexity index is 860. The van der Waals surface area contributed by atoms with Crippen LogP contribution < -0.4 is 9.64 Å². The monoisotopic (exact) mass is 407 g/mol. The van der Waals surface area contributed by atoms with E-state index < -0.39 is 0 Å². The number of ether oxygens (including phenoxy) is 1. The fourth-order valence-electron chi connectivity index (χ4n) is 4.94. The summed E-state index contributed by atoms with van der Waals surface area (Å²) in [6, 6.07) is 9.17. The molecule has 160 valence electrons. The van der Waals surface area contributed by atoms with Crippen LogP contribution in [0.3, 0.4) is 0 Å². The fraction of sp³-hybridized carbons (Fsp3) is 0.583. The number of benzene rings is 1. The van der Waals surface area contributed by atoms with Crippen LogP contribution in [0.5, 0.6) is 5.75 Å². The third kappa shape index (κ3) is 4.16. The van der Waals surface area contributed by atoms with Crippen molar-refractivity contribution in [3.05, 3.63) is 47.3 Å². The number of hydrogen-bond donors (Lipinski definition) is 0. The van der Waals surface area contributed by atoms with E-state index in [1.165, 1.54) is 36.1 Å². The number of methoxy groups -OCH3 is 1. The lowest BCUT2D eigenvalue weighted by atomic mass is 9.91. The van der Waals surface area contributed by atoms with E-state index in [0.29, 0.717) is 0 Å². The van der Waals surface area contributed by atoms with Gasteiger partial charge in [0.15, 0.2) is 0 Å². The highest BCUT2D eigenvalue weighted by molar-refractivity contribution is 5.36. The second-order valence-corrected chi connectivity index (χ2v) is 8.84. The molecule has 2 aliphatic heterocycles. The molecule has 0 N–H and O–H groups in total. The summed E-state index contributed by atoms with van der Waals surface area (Å²) in [4.78, 5) is 17.3. The summed E-state index contributed by atoms with van der Waals surface area (Å²) in [5, 5.41) is 0. The summed E-state index contributed by atoms with van der Waals surface area (Å²) in [5.74, 6) is 1.91. The lowest BCUT2D eigenvalue weighted by Gasteiger charge is -2.43. The van der Waals surface area contributed by atoms with Gasteiger partial charge in [-0.2, -0.15) is 0 Å². The molecule has 1 aromatic carbocycles. The molecule has 1 aliphatic carbocycles. The smallest absolute Gasteiger partial charge is 0.225 e. The molecule has 3 heterocycles. The first-order chi connectivity index (χ1) is 14.8. The van der Waals surface area contributed by atoms with Gasteiger partial charge in [0.25, 0.3) is 0 Å². The van der Waals surface area contributed by atoms with Crippen LogP contribution in [0.1, 0.15) is 36.1 Å². The van der Waals surface area contributed by atoms with Gasteiger partial charge in [-0.05, 0) is 30.9 Å². The number of hydrogen-bond acceptors (Lipinski definition) is 6. The minimum Gasteiger partial charge on any atom is -0.496 e. The molecule has 0 spiro atoms. The minimum absolute atomic E-state index is 0.842. The molecular weight excluding hydrogens is 374 g/mol. The summed E-state index contributed by atoms with van der Waals surface area (Å²) in [6.07, 6.45) is 8.28. The molecule has 0 amide bonds. The van der Waals surface area contributed by atoms with Crippen molar-refractivity contribution in [3.63, 3.8) is 0 Å². The van der Waals surface area contributed by atoms with Gasteiger partial charge in [0.05, 0.1) is 12.8 Å². The molecule has 3 aliphatic rings. The van der Waals surface area contributed by atoms with Gasteiger partial charge in [0.1, 0.15) is 5.75 Å². The van der Waals surface area contributed by atoms with Crippen molar-refractivity contribution in [1.29, 1.82) is 0 Å². The standard InChI is InChI=1S/C24H33N5O/c1-30-23-8-3-2-5-20(23)18-27-11-9-19-17-25-24(26-22(19)10-12-27)29-15-13-28(14-16-29)21-6-4-7-21/h2-3,5,8,17,21H,4,6-7,9-16,18H2,1H3. The van der Waals surface area contributed by atoms with Crippen LogP contribution in [0.4, 0.5) is 5.95 Å². The Morgan fingerprint density at radius 3 is 2.57 bits per heavy atom. The average Bonchev–Trinajstić information content (AvgIpc) is 2.95. The molecule has 2 fully saturated rings. The van der Waals surface area contributed by atoms with Crippen molar-refractivity contribution in [1.82, 2.24) is 19.8 Å². The summed E-state index contributed by atoms with van der Waals surface area (Å²) < 4.78 is 5.54. The molecule has 0 radical (unpaired) electrons. The third-order valence-corrected chi connectivity index (χ3v) is 7.08. The Balaban J connectivity index is 1.21. The van der Waals surface area contributed by atoms with Crippen molar-refractivity contribution in [2.24, 2.45) is 0 Å². The molecule has 0 unspecified atom stereocenters. The van der Waals surface area contributed by atoms with Crippen molar-refractivity contribution < 1.29 is 4.74 Å². The number of fused-ring (bicyclic) bond motifs is 1. The zero-order chi connectivity index (χ0) is 20.3. The first kappa shape index (κ1) is 19.8. The normalized spacial score (nSPS) is 21.0. The minimum atomic E-state index is 0.842. The van der Waals surface area contributed by atoms with Crippen LogP contribution in [0.15, 0.2) is 30.5 Å². The number of anilines is 1. The fourth-order valence-corrected chi connectivity index (χ4v) is 4.94. The number of rotatable bonds is 5. The van der Waals surface area contributed by atoms with E-state index in [1.54, 1.807) is 7.11 Å². The Morgan fingerprint density at radius 2 is 1.80 bits per heavy atom. The maximum absolute atomic E-state index is 5.54. The molecule has 0 bridgehead atoms. The van der Waals surface area contributed by atoms with Crippen LogP contribution in [0, 0.1) is 0 Å². The van der Waals surface area contributed by atoms with Gasteiger partial charge in [-0.15, -0.1) is 0 Å². The molecular formula is C24H33N5O. The van der Waals surface area contributed by atoms with Gasteiger partial charge in [-0.1, -0.05) is 24.6 Å². The molecule has 6 nitrogen and oxygen atoms in total. The van der Waals surface area contributed by atoms with Crippen LogP contribution in [-0.2, 0) is 19.4 Å². The van der Waals surface area contributed by atoms with Crippen LogP contribution in [-0.4, -0.2) is 72.2 Å². The molecule has 30 heavy (non-hydrogen) atoms. The molecule has 5 rings (SSSR count). The highest BCUT2D eigenvalue weighted by Crippen LogP contribution is 2.27. The first-order valence-electron chi connectivity index (χ1n) is 11.5. The summed E-state index contributed by atoms with van der Waals surface area (Å²) in [5.41, 5.74) is 3.81. The Hall–Kier alpha value is -2.18. The van der Waals surface area contributed by atoms with E-state index in [9.17, 15) is 0 Å². The second-order valence-electron chi connectivity index (χ2n) is 8.84. The van der Waals surface area contributed by atoms with Crippen molar-refractivity contribution in [2.45, 2.75) is 44.7 Å². The second kappa shape index (κ2) is 8.90. The van der Waals surface area contributed by atoms with E-state index in [-0.39, 0.29) is 0 Å². The molecule has 6 heteroatoms. The van der Waals surface area contributed by atoms with Crippen molar-refractivity contribution in [2.75, 3.05) is 51.3 Å². The Labute approximate surface area is 179 Å². The number of nitrogens with zero attached hydrogens (tertiary/aromatic N) is 5. The van der Waals surface area contributed by atoms with Gasteiger partial charge in [-0.3, -0.25) is 9.80 Å². The van der Waals surface area contributed by atoms with Crippen LogP contribution in [0.2, 0.25) is 0 Å². The molecule has 2 aromatic rings. The van der Waals surface area contributed by atoms with E-state index in [4.69, 9.17) is 14.7 Å². The SMILES string of the molecule is COc1ccccc1CN1CCc2cnc(N3CCN(C4CCC4)CC3)nc2CC1. The lowest BCUT2D eigenvalue weighted by Crippen LogP contribution is -2.52. The van der Waals surface area contributed by atoms with E-state index in [1.807, 2.05) is 12.1 Å². The topological polar surface area (TPSA) is 44.7 Å². The van der Waals surface area contributed by atoms with Crippen molar-refractivity contribution >= 4 is 5.95 Å². The first-order valence-corrected chi connectivity index (χ1v) is 11.5. The quantitative estimate of drug-likeness (QED) is 0.760. The summed E-state index contributed by atoms with van der Waals surface area (Å²) in [6.45, 7) is 7.38. The van der Waals surface area contributed by atoms with Crippen LogP contribution >= 0.6 is 0 Å². The molecule has 1 saturated heterocycles. The van der Waals surface area contributed by atoms with Gasteiger partial charge < -0.3 is 9.64 Å². The molecule has 1 aromatic heterocycles. The van der Waals surface area contributed by atoms with Gasteiger partial charge in [0.2, 0.25) is 5.95 Å². The zero-order valence-corrected chi connectivity index (χ0v) is 18.1.